The van der Waals surface area contributed by atoms with Crippen molar-refractivity contribution in [2.45, 2.75) is 37.6 Å². The quantitative estimate of drug-likeness (QED) is 0.655. The third-order valence-corrected chi connectivity index (χ3v) is 5.19. The number of nitrogens with zero attached hydrogens (tertiary/aromatic N) is 2. The number of aromatic nitrogens is 2. The van der Waals surface area contributed by atoms with Gasteiger partial charge >= 0.3 is 0 Å². The summed E-state index contributed by atoms with van der Waals surface area (Å²) < 4.78 is 1.80. The summed E-state index contributed by atoms with van der Waals surface area (Å²) in [6.07, 6.45) is 10.9. The molecule has 3 nitrogen and oxygen atoms in total. The number of hydrogen-bond donors (Lipinski definition) is 0. The van der Waals surface area contributed by atoms with Crippen LogP contribution in [0.5, 0.6) is 0 Å². The standard InChI is InChI=1S/C22H20N2O/c1-2-22(15-9-4-10-16-22)24-20(17-11-5-3-6-12-17)23-19-14-8-7-13-18(19)21(24)25/h1,3,5-8,11-14H,4,9-10,15-16H2. The molecule has 0 atom stereocenters. The Hall–Kier alpha value is -2.86. The summed E-state index contributed by atoms with van der Waals surface area (Å²) in [6, 6.07) is 17.4. The van der Waals surface area contributed by atoms with Crippen molar-refractivity contribution in [2.24, 2.45) is 0 Å². The molecule has 1 fully saturated rings. The van der Waals surface area contributed by atoms with E-state index in [-0.39, 0.29) is 5.56 Å². The Balaban J connectivity index is 2.09. The Labute approximate surface area is 147 Å². The lowest BCUT2D eigenvalue weighted by molar-refractivity contribution is 0.265. The first-order valence-corrected chi connectivity index (χ1v) is 8.81. The summed E-state index contributed by atoms with van der Waals surface area (Å²) in [6.45, 7) is 0. The van der Waals surface area contributed by atoms with Gasteiger partial charge < -0.3 is 0 Å². The van der Waals surface area contributed by atoms with E-state index in [0.29, 0.717) is 16.7 Å². The number of rotatable bonds is 2. The van der Waals surface area contributed by atoms with Crippen molar-refractivity contribution in [3.8, 4) is 23.7 Å². The smallest absolute Gasteiger partial charge is 0.262 e. The van der Waals surface area contributed by atoms with E-state index in [1.807, 2.05) is 54.6 Å². The topological polar surface area (TPSA) is 34.9 Å². The molecule has 1 aromatic heterocycles. The maximum absolute atomic E-state index is 13.4. The molecule has 0 bridgehead atoms. The second kappa shape index (κ2) is 6.22. The predicted octanol–water partition coefficient (Wildman–Crippen LogP) is 4.36. The monoisotopic (exact) mass is 328 g/mol. The van der Waals surface area contributed by atoms with Crippen molar-refractivity contribution < 1.29 is 0 Å². The van der Waals surface area contributed by atoms with Gasteiger partial charge in [0.25, 0.3) is 5.56 Å². The average Bonchev–Trinajstić information content (AvgIpc) is 2.69. The molecule has 1 heterocycles. The van der Waals surface area contributed by atoms with Gasteiger partial charge in [0.2, 0.25) is 0 Å². The van der Waals surface area contributed by atoms with Crippen LogP contribution in [0.1, 0.15) is 32.1 Å². The molecule has 0 unspecified atom stereocenters. The van der Waals surface area contributed by atoms with E-state index in [1.54, 1.807) is 4.57 Å². The predicted molar refractivity (Wildman–Crippen MR) is 101 cm³/mol. The third kappa shape index (κ3) is 2.55. The molecular formula is C22H20N2O. The first-order valence-electron chi connectivity index (χ1n) is 8.81. The van der Waals surface area contributed by atoms with E-state index in [2.05, 4.69) is 5.92 Å². The molecule has 0 amide bonds. The first kappa shape index (κ1) is 15.7. The molecule has 3 aromatic rings. The molecule has 1 aliphatic rings. The van der Waals surface area contributed by atoms with Crippen LogP contribution in [-0.2, 0) is 5.54 Å². The van der Waals surface area contributed by atoms with E-state index < -0.39 is 5.54 Å². The molecule has 1 aliphatic carbocycles. The molecule has 124 valence electrons. The first-order chi connectivity index (χ1) is 12.2. The summed E-state index contributed by atoms with van der Waals surface area (Å²) in [5, 5.41) is 0.627. The molecule has 3 heteroatoms. The van der Waals surface area contributed by atoms with Gasteiger partial charge in [-0.3, -0.25) is 9.36 Å². The Morgan fingerprint density at radius 1 is 0.960 bits per heavy atom. The zero-order chi connectivity index (χ0) is 17.3. The van der Waals surface area contributed by atoms with E-state index >= 15 is 0 Å². The van der Waals surface area contributed by atoms with Gasteiger partial charge in [-0.2, -0.15) is 0 Å². The molecule has 0 N–H and O–H groups in total. The van der Waals surface area contributed by atoms with Crippen molar-refractivity contribution in [1.82, 2.24) is 9.55 Å². The fourth-order valence-corrected chi connectivity index (χ4v) is 3.88. The summed E-state index contributed by atoms with van der Waals surface area (Å²) in [7, 11) is 0. The summed E-state index contributed by atoms with van der Waals surface area (Å²) in [5.41, 5.74) is 1.01. The summed E-state index contributed by atoms with van der Waals surface area (Å²) >= 11 is 0. The van der Waals surface area contributed by atoms with Gasteiger partial charge in [-0.15, -0.1) is 6.42 Å². The normalized spacial score (nSPS) is 16.4. The van der Waals surface area contributed by atoms with Gasteiger partial charge in [-0.05, 0) is 25.0 Å². The molecule has 25 heavy (non-hydrogen) atoms. The fourth-order valence-electron chi connectivity index (χ4n) is 3.88. The van der Waals surface area contributed by atoms with E-state index in [4.69, 9.17) is 11.4 Å². The van der Waals surface area contributed by atoms with Gasteiger partial charge in [0, 0.05) is 5.56 Å². The highest BCUT2D eigenvalue weighted by atomic mass is 16.1. The minimum atomic E-state index is -0.586. The number of benzene rings is 2. The lowest BCUT2D eigenvalue weighted by atomic mass is 9.81. The van der Waals surface area contributed by atoms with Crippen LogP contribution in [0.3, 0.4) is 0 Å². The van der Waals surface area contributed by atoms with Crippen molar-refractivity contribution in [3.05, 3.63) is 65.0 Å². The second-order valence-electron chi connectivity index (χ2n) is 6.70. The van der Waals surface area contributed by atoms with Crippen LogP contribution < -0.4 is 5.56 Å². The maximum atomic E-state index is 13.4. The molecule has 1 saturated carbocycles. The van der Waals surface area contributed by atoms with Crippen LogP contribution in [0, 0.1) is 12.3 Å². The Bertz CT molecular complexity index is 1010. The van der Waals surface area contributed by atoms with Crippen molar-refractivity contribution in [1.29, 1.82) is 0 Å². The van der Waals surface area contributed by atoms with Crippen LogP contribution in [0.25, 0.3) is 22.3 Å². The largest absolute Gasteiger partial charge is 0.275 e. The zero-order valence-corrected chi connectivity index (χ0v) is 14.1. The molecule has 0 spiro atoms. The summed E-state index contributed by atoms with van der Waals surface area (Å²) in [5.74, 6) is 3.64. The summed E-state index contributed by atoms with van der Waals surface area (Å²) in [4.78, 5) is 18.3. The minimum Gasteiger partial charge on any atom is -0.275 e. The second-order valence-corrected chi connectivity index (χ2v) is 6.70. The third-order valence-electron chi connectivity index (χ3n) is 5.19. The van der Waals surface area contributed by atoms with E-state index in [1.165, 1.54) is 6.42 Å². The fraction of sp³-hybridized carbons (Fsp3) is 0.273. The zero-order valence-electron chi connectivity index (χ0n) is 14.1. The lowest BCUT2D eigenvalue weighted by Gasteiger charge is -2.36. The molecule has 0 aliphatic heterocycles. The van der Waals surface area contributed by atoms with E-state index in [0.717, 1.165) is 31.2 Å². The number of terminal acetylenes is 1. The molecule has 0 radical (unpaired) electrons. The van der Waals surface area contributed by atoms with Gasteiger partial charge in [0.1, 0.15) is 11.4 Å². The molecular weight excluding hydrogens is 308 g/mol. The SMILES string of the molecule is C#CC1(n2c(-c3ccccc3)nc3ccccc3c2=O)CCCCC1. The highest BCUT2D eigenvalue weighted by molar-refractivity contribution is 5.79. The maximum Gasteiger partial charge on any atom is 0.262 e. The van der Waals surface area contributed by atoms with Crippen LogP contribution in [0.4, 0.5) is 0 Å². The van der Waals surface area contributed by atoms with Crippen molar-refractivity contribution in [2.75, 3.05) is 0 Å². The highest BCUT2D eigenvalue weighted by Gasteiger charge is 2.35. The highest BCUT2D eigenvalue weighted by Crippen LogP contribution is 2.36. The Morgan fingerprint density at radius 3 is 2.36 bits per heavy atom. The van der Waals surface area contributed by atoms with Gasteiger partial charge in [0.15, 0.2) is 0 Å². The Kier molecular flexibility index (Phi) is 3.89. The van der Waals surface area contributed by atoms with E-state index in [9.17, 15) is 4.79 Å². The van der Waals surface area contributed by atoms with Crippen molar-refractivity contribution in [3.63, 3.8) is 0 Å². The van der Waals surface area contributed by atoms with Crippen molar-refractivity contribution >= 4 is 10.9 Å². The number of hydrogen-bond acceptors (Lipinski definition) is 2. The molecule has 0 saturated heterocycles. The van der Waals surface area contributed by atoms with Crippen LogP contribution in [0.2, 0.25) is 0 Å². The van der Waals surface area contributed by atoms with Crippen LogP contribution >= 0.6 is 0 Å². The average molecular weight is 328 g/mol. The number of para-hydroxylation sites is 1. The molecule has 4 rings (SSSR count). The number of fused-ring (bicyclic) bond motifs is 1. The van der Waals surface area contributed by atoms with Gasteiger partial charge in [-0.1, -0.05) is 67.6 Å². The lowest BCUT2D eigenvalue weighted by Crippen LogP contribution is -2.43. The van der Waals surface area contributed by atoms with Gasteiger partial charge in [0.05, 0.1) is 10.9 Å². The molecule has 2 aromatic carbocycles. The van der Waals surface area contributed by atoms with Crippen LogP contribution in [0.15, 0.2) is 59.4 Å². The van der Waals surface area contributed by atoms with Crippen LogP contribution in [-0.4, -0.2) is 9.55 Å². The minimum absolute atomic E-state index is 0.0377. The Morgan fingerprint density at radius 2 is 1.64 bits per heavy atom. The van der Waals surface area contributed by atoms with Gasteiger partial charge in [-0.25, -0.2) is 4.98 Å².